The van der Waals surface area contributed by atoms with E-state index in [4.69, 9.17) is 4.74 Å². The highest BCUT2D eigenvalue weighted by atomic mass is 16.5. The van der Waals surface area contributed by atoms with Crippen LogP contribution in [0.5, 0.6) is 0 Å². The van der Waals surface area contributed by atoms with Crippen LogP contribution in [0.4, 0.5) is 10.5 Å². The van der Waals surface area contributed by atoms with Gasteiger partial charge in [0, 0.05) is 45.0 Å². The Balaban J connectivity index is 1.43. The van der Waals surface area contributed by atoms with E-state index in [-0.39, 0.29) is 12.1 Å². The summed E-state index contributed by atoms with van der Waals surface area (Å²) >= 11 is 0. The van der Waals surface area contributed by atoms with E-state index in [1.807, 2.05) is 11.0 Å². The first kappa shape index (κ1) is 14.2. The average Bonchev–Trinajstić information content (AvgIpc) is 3.07. The third kappa shape index (κ3) is 3.67. The smallest absolute Gasteiger partial charge is 0.317 e. The SMILES string of the molecule is O=C(NC[C@H]1CCCO1)N1CCN(c2ccccc2)CC1. The Bertz CT molecular complexity index is 452. The molecular formula is C16H23N3O2. The van der Waals surface area contributed by atoms with E-state index in [0.717, 1.165) is 45.6 Å². The summed E-state index contributed by atoms with van der Waals surface area (Å²) in [5, 5.41) is 2.99. The number of nitrogens with one attached hydrogen (secondary N) is 1. The zero-order chi connectivity index (χ0) is 14.5. The second-order valence-corrected chi connectivity index (χ2v) is 5.63. The Morgan fingerprint density at radius 2 is 1.95 bits per heavy atom. The molecule has 0 aliphatic carbocycles. The largest absolute Gasteiger partial charge is 0.376 e. The van der Waals surface area contributed by atoms with Crippen LogP contribution < -0.4 is 10.2 Å². The maximum Gasteiger partial charge on any atom is 0.317 e. The Morgan fingerprint density at radius 3 is 2.62 bits per heavy atom. The molecule has 2 fully saturated rings. The molecule has 0 bridgehead atoms. The Hall–Kier alpha value is -1.75. The molecule has 2 aliphatic heterocycles. The molecule has 2 amide bonds. The maximum atomic E-state index is 12.1. The van der Waals surface area contributed by atoms with Gasteiger partial charge in [0.15, 0.2) is 0 Å². The van der Waals surface area contributed by atoms with Crippen molar-refractivity contribution in [3.05, 3.63) is 30.3 Å². The average molecular weight is 289 g/mol. The lowest BCUT2D eigenvalue weighted by Crippen LogP contribution is -2.52. The molecule has 0 unspecified atom stereocenters. The summed E-state index contributed by atoms with van der Waals surface area (Å²) in [6, 6.07) is 10.4. The molecule has 5 nitrogen and oxygen atoms in total. The van der Waals surface area contributed by atoms with Crippen LogP contribution in [0.25, 0.3) is 0 Å². The van der Waals surface area contributed by atoms with Crippen LogP contribution in [0.15, 0.2) is 30.3 Å². The number of urea groups is 1. The van der Waals surface area contributed by atoms with Gasteiger partial charge >= 0.3 is 6.03 Å². The molecule has 2 saturated heterocycles. The van der Waals surface area contributed by atoms with Crippen molar-refractivity contribution in [1.82, 2.24) is 10.2 Å². The summed E-state index contributed by atoms with van der Waals surface area (Å²) in [7, 11) is 0. The van der Waals surface area contributed by atoms with Crippen LogP contribution in [0.2, 0.25) is 0 Å². The number of piperazine rings is 1. The Morgan fingerprint density at radius 1 is 1.19 bits per heavy atom. The third-order valence-corrected chi connectivity index (χ3v) is 4.19. The van der Waals surface area contributed by atoms with Crippen molar-refractivity contribution in [3.8, 4) is 0 Å². The van der Waals surface area contributed by atoms with E-state index >= 15 is 0 Å². The molecule has 0 spiro atoms. The number of hydrogen-bond donors (Lipinski definition) is 1. The minimum atomic E-state index is 0.0400. The molecule has 1 aromatic carbocycles. The Labute approximate surface area is 125 Å². The lowest BCUT2D eigenvalue weighted by molar-refractivity contribution is 0.108. The third-order valence-electron chi connectivity index (χ3n) is 4.19. The molecule has 2 aliphatic rings. The fraction of sp³-hybridized carbons (Fsp3) is 0.562. The molecule has 0 aromatic heterocycles. The predicted molar refractivity (Wildman–Crippen MR) is 82.6 cm³/mol. The van der Waals surface area contributed by atoms with Crippen molar-refractivity contribution in [2.45, 2.75) is 18.9 Å². The number of carbonyl (C=O) groups is 1. The minimum absolute atomic E-state index is 0.0400. The number of nitrogens with zero attached hydrogens (tertiary/aromatic N) is 2. The van der Waals surface area contributed by atoms with Gasteiger partial charge in [-0.15, -0.1) is 0 Å². The highest BCUT2D eigenvalue weighted by molar-refractivity contribution is 5.74. The van der Waals surface area contributed by atoms with Gasteiger partial charge in [0.25, 0.3) is 0 Å². The van der Waals surface area contributed by atoms with Gasteiger partial charge in [-0.05, 0) is 25.0 Å². The summed E-state index contributed by atoms with van der Waals surface area (Å²) in [6.45, 7) is 4.78. The number of carbonyl (C=O) groups excluding carboxylic acids is 1. The van der Waals surface area contributed by atoms with E-state index in [9.17, 15) is 4.79 Å². The normalized spacial score (nSPS) is 22.4. The number of para-hydroxylation sites is 1. The highest BCUT2D eigenvalue weighted by Crippen LogP contribution is 2.15. The predicted octanol–water partition coefficient (Wildman–Crippen LogP) is 1.70. The van der Waals surface area contributed by atoms with E-state index in [1.54, 1.807) is 0 Å². The highest BCUT2D eigenvalue weighted by Gasteiger charge is 2.22. The van der Waals surface area contributed by atoms with E-state index in [0.29, 0.717) is 6.54 Å². The second kappa shape index (κ2) is 6.80. The molecular weight excluding hydrogens is 266 g/mol. The van der Waals surface area contributed by atoms with Gasteiger partial charge in [0.1, 0.15) is 0 Å². The van der Waals surface area contributed by atoms with E-state index < -0.39 is 0 Å². The minimum Gasteiger partial charge on any atom is -0.376 e. The Kier molecular flexibility index (Phi) is 4.60. The van der Waals surface area contributed by atoms with E-state index in [2.05, 4.69) is 34.5 Å². The summed E-state index contributed by atoms with van der Waals surface area (Å²) < 4.78 is 5.52. The van der Waals surface area contributed by atoms with Gasteiger partial charge in [-0.25, -0.2) is 4.79 Å². The van der Waals surface area contributed by atoms with E-state index in [1.165, 1.54) is 5.69 Å². The van der Waals surface area contributed by atoms with Gasteiger partial charge in [-0.1, -0.05) is 18.2 Å². The molecule has 21 heavy (non-hydrogen) atoms. The number of rotatable bonds is 3. The first-order valence-electron chi connectivity index (χ1n) is 7.77. The lowest BCUT2D eigenvalue weighted by atomic mass is 10.2. The maximum absolute atomic E-state index is 12.1. The summed E-state index contributed by atoms with van der Waals surface area (Å²) in [6.07, 6.45) is 2.37. The number of ether oxygens (including phenoxy) is 1. The van der Waals surface area contributed by atoms with Gasteiger partial charge < -0.3 is 19.9 Å². The topological polar surface area (TPSA) is 44.8 Å². The van der Waals surface area contributed by atoms with Crippen LogP contribution >= 0.6 is 0 Å². The van der Waals surface area contributed by atoms with Crippen molar-refractivity contribution in [2.75, 3.05) is 44.2 Å². The quantitative estimate of drug-likeness (QED) is 0.921. The van der Waals surface area contributed by atoms with Crippen LogP contribution in [0.3, 0.4) is 0 Å². The van der Waals surface area contributed by atoms with Gasteiger partial charge in [-0.2, -0.15) is 0 Å². The lowest BCUT2D eigenvalue weighted by Gasteiger charge is -2.36. The molecule has 114 valence electrons. The zero-order valence-electron chi connectivity index (χ0n) is 12.3. The summed E-state index contributed by atoms with van der Waals surface area (Å²) in [5.41, 5.74) is 1.23. The fourth-order valence-corrected chi connectivity index (χ4v) is 2.92. The van der Waals surface area contributed by atoms with Crippen molar-refractivity contribution in [1.29, 1.82) is 0 Å². The number of benzene rings is 1. The first-order chi connectivity index (χ1) is 10.3. The molecule has 1 aromatic rings. The van der Waals surface area contributed by atoms with Crippen LogP contribution in [0, 0.1) is 0 Å². The number of hydrogen-bond acceptors (Lipinski definition) is 3. The van der Waals surface area contributed by atoms with Crippen molar-refractivity contribution < 1.29 is 9.53 Å². The molecule has 1 N–H and O–H groups in total. The number of amides is 2. The van der Waals surface area contributed by atoms with Gasteiger partial charge in [0.05, 0.1) is 6.10 Å². The van der Waals surface area contributed by atoms with Crippen molar-refractivity contribution in [2.24, 2.45) is 0 Å². The standard InChI is InChI=1S/C16H23N3O2/c20-16(17-13-15-7-4-12-21-15)19-10-8-18(9-11-19)14-5-2-1-3-6-14/h1-3,5-6,15H,4,7-13H2,(H,17,20)/t15-/m1/s1. The zero-order valence-corrected chi connectivity index (χ0v) is 12.3. The van der Waals surface area contributed by atoms with Crippen molar-refractivity contribution in [3.63, 3.8) is 0 Å². The van der Waals surface area contributed by atoms with Crippen LogP contribution in [-0.4, -0.2) is 56.4 Å². The monoisotopic (exact) mass is 289 g/mol. The number of anilines is 1. The molecule has 0 radical (unpaired) electrons. The molecule has 0 saturated carbocycles. The van der Waals surface area contributed by atoms with Gasteiger partial charge in [0.2, 0.25) is 0 Å². The molecule has 3 rings (SSSR count). The summed E-state index contributed by atoms with van der Waals surface area (Å²) in [4.78, 5) is 16.4. The van der Waals surface area contributed by atoms with Crippen LogP contribution in [-0.2, 0) is 4.74 Å². The van der Waals surface area contributed by atoms with Gasteiger partial charge in [-0.3, -0.25) is 0 Å². The van der Waals surface area contributed by atoms with Crippen molar-refractivity contribution >= 4 is 11.7 Å². The summed E-state index contributed by atoms with van der Waals surface area (Å²) in [5.74, 6) is 0. The second-order valence-electron chi connectivity index (χ2n) is 5.63. The molecule has 1 atom stereocenters. The molecule has 5 heteroatoms. The fourth-order valence-electron chi connectivity index (χ4n) is 2.92. The molecule has 2 heterocycles. The van der Waals surface area contributed by atoms with Crippen LogP contribution in [0.1, 0.15) is 12.8 Å². The first-order valence-corrected chi connectivity index (χ1v) is 7.77.